The lowest BCUT2D eigenvalue weighted by Crippen LogP contribution is -2.13. The normalized spacial score (nSPS) is 10.9. The highest BCUT2D eigenvalue weighted by molar-refractivity contribution is 6.30. The van der Waals surface area contributed by atoms with Gasteiger partial charge in [-0.3, -0.25) is 0 Å². The van der Waals surface area contributed by atoms with Crippen LogP contribution in [-0.2, 0) is 0 Å². The molecule has 3 aromatic carbocycles. The Kier molecular flexibility index (Phi) is 6.36. The van der Waals surface area contributed by atoms with Crippen LogP contribution in [0.4, 0.5) is 11.8 Å². The molecule has 0 aliphatic heterocycles. The highest BCUT2D eigenvalue weighted by atomic mass is 35.5. The zero-order chi connectivity index (χ0) is 24.2. The number of nitrogens with one attached hydrogen (secondary N) is 1. The van der Waals surface area contributed by atoms with E-state index in [1.54, 1.807) is 23.9 Å². The van der Waals surface area contributed by atoms with Crippen molar-refractivity contribution in [2.24, 2.45) is 0 Å². The van der Waals surface area contributed by atoms with Crippen LogP contribution in [0.15, 0.2) is 78.9 Å². The van der Waals surface area contributed by atoms with Crippen LogP contribution in [0.5, 0.6) is 11.5 Å². The molecule has 0 amide bonds. The van der Waals surface area contributed by atoms with Crippen LogP contribution in [0.3, 0.4) is 0 Å². The van der Waals surface area contributed by atoms with E-state index in [0.29, 0.717) is 52.4 Å². The summed E-state index contributed by atoms with van der Waals surface area (Å²) in [7, 11) is 1.62. The lowest BCUT2D eigenvalue weighted by molar-refractivity contribution is 0.332. The Bertz CT molecular complexity index is 1450. The summed E-state index contributed by atoms with van der Waals surface area (Å²) in [5.74, 6) is 2.30. The Hall–Kier alpha value is -4.30. The smallest absolute Gasteiger partial charge is 0.225 e. The van der Waals surface area contributed by atoms with Gasteiger partial charge >= 0.3 is 0 Å². The van der Waals surface area contributed by atoms with Gasteiger partial charge in [-0.25, -0.2) is 9.67 Å². The van der Waals surface area contributed by atoms with Gasteiger partial charge in [-0.2, -0.15) is 4.98 Å². The number of anilines is 2. The zero-order valence-corrected chi connectivity index (χ0v) is 19.7. The second kappa shape index (κ2) is 9.90. The van der Waals surface area contributed by atoms with E-state index in [1.807, 2.05) is 66.7 Å². The molecule has 0 bridgehead atoms. The van der Waals surface area contributed by atoms with E-state index in [0.717, 1.165) is 17.0 Å². The predicted molar refractivity (Wildman–Crippen MR) is 138 cm³/mol. The van der Waals surface area contributed by atoms with Crippen molar-refractivity contribution in [2.75, 3.05) is 31.3 Å². The van der Waals surface area contributed by atoms with Crippen LogP contribution >= 0.6 is 11.6 Å². The zero-order valence-electron chi connectivity index (χ0n) is 19.0. The molecule has 176 valence electrons. The summed E-state index contributed by atoms with van der Waals surface area (Å²) in [6, 6.07) is 24.5. The van der Waals surface area contributed by atoms with Crippen LogP contribution in [0.25, 0.3) is 28.0 Å². The van der Waals surface area contributed by atoms with Crippen molar-refractivity contribution in [1.29, 1.82) is 0 Å². The number of fused-ring (bicyclic) bond motifs is 1. The molecule has 8 nitrogen and oxygen atoms in total. The van der Waals surface area contributed by atoms with Gasteiger partial charge in [0.1, 0.15) is 23.9 Å². The highest BCUT2D eigenvalue weighted by Crippen LogP contribution is 2.37. The Morgan fingerprint density at radius 3 is 2.46 bits per heavy atom. The third-order valence-corrected chi connectivity index (χ3v) is 5.65. The van der Waals surface area contributed by atoms with Crippen LogP contribution < -0.4 is 20.5 Å². The Morgan fingerprint density at radius 1 is 0.943 bits per heavy atom. The first kappa shape index (κ1) is 22.5. The maximum absolute atomic E-state index is 6.58. The van der Waals surface area contributed by atoms with Crippen molar-refractivity contribution in [1.82, 2.24) is 19.7 Å². The van der Waals surface area contributed by atoms with Crippen molar-refractivity contribution in [3.63, 3.8) is 0 Å². The molecule has 35 heavy (non-hydrogen) atoms. The summed E-state index contributed by atoms with van der Waals surface area (Å²) in [5.41, 5.74) is 9.21. The second-order valence-corrected chi connectivity index (χ2v) is 8.09. The first-order valence-corrected chi connectivity index (χ1v) is 11.4. The molecule has 0 saturated heterocycles. The van der Waals surface area contributed by atoms with Crippen molar-refractivity contribution < 1.29 is 9.47 Å². The molecule has 5 rings (SSSR count). The fourth-order valence-corrected chi connectivity index (χ4v) is 3.88. The first-order valence-electron chi connectivity index (χ1n) is 11.0. The lowest BCUT2D eigenvalue weighted by atomic mass is 10.1. The average molecular weight is 487 g/mol. The Balaban J connectivity index is 1.54. The third kappa shape index (κ3) is 4.69. The van der Waals surface area contributed by atoms with Gasteiger partial charge in [0.15, 0.2) is 5.65 Å². The van der Waals surface area contributed by atoms with Gasteiger partial charge < -0.3 is 20.5 Å². The molecule has 0 aliphatic carbocycles. The molecule has 2 heterocycles. The van der Waals surface area contributed by atoms with Crippen LogP contribution in [-0.4, -0.2) is 40.0 Å². The number of rotatable bonds is 8. The minimum atomic E-state index is 0.413. The highest BCUT2D eigenvalue weighted by Gasteiger charge is 2.21. The molecule has 0 spiro atoms. The van der Waals surface area contributed by atoms with Gasteiger partial charge in [0.05, 0.1) is 30.4 Å². The number of nitrogen functional groups attached to an aromatic ring is 1. The second-order valence-electron chi connectivity index (χ2n) is 7.66. The number of benzene rings is 3. The summed E-state index contributed by atoms with van der Waals surface area (Å²) >= 11 is 6.06. The van der Waals surface area contributed by atoms with E-state index in [-0.39, 0.29) is 0 Å². The first-order chi connectivity index (χ1) is 17.1. The number of nitrogens with two attached hydrogens (primary N) is 1. The number of aromatic nitrogens is 4. The molecule has 9 heteroatoms. The maximum Gasteiger partial charge on any atom is 0.225 e. The van der Waals surface area contributed by atoms with Crippen molar-refractivity contribution in [3.05, 3.63) is 83.9 Å². The SMILES string of the molecule is COc1ccccc1-c1nc(NCCOc2ccccc2)nc2nn(-c3ccc(Cl)cc3)c(N)c12. The van der Waals surface area contributed by atoms with E-state index < -0.39 is 0 Å². The van der Waals surface area contributed by atoms with Gasteiger partial charge in [0.2, 0.25) is 5.95 Å². The number of hydrogen-bond donors (Lipinski definition) is 2. The number of hydrogen-bond acceptors (Lipinski definition) is 7. The Labute approximate surface area is 207 Å². The standard InChI is InChI=1S/C26H23ClN6O2/c1-34-21-10-6-5-9-20(21)23-22-24(28)33(18-13-11-17(27)12-14-18)32-25(22)31-26(30-23)29-15-16-35-19-7-3-2-4-8-19/h2-14H,15-16,28H2,1H3,(H,29,31,32). The monoisotopic (exact) mass is 486 g/mol. The number of halogens is 1. The Morgan fingerprint density at radius 2 is 1.69 bits per heavy atom. The summed E-state index contributed by atoms with van der Waals surface area (Å²) in [6.45, 7) is 0.940. The summed E-state index contributed by atoms with van der Waals surface area (Å²) in [4.78, 5) is 9.42. The molecule has 2 aromatic heterocycles. The van der Waals surface area contributed by atoms with Crippen LogP contribution in [0.2, 0.25) is 5.02 Å². The van der Waals surface area contributed by atoms with E-state index in [4.69, 9.17) is 31.8 Å². The van der Waals surface area contributed by atoms with Crippen molar-refractivity contribution >= 4 is 34.4 Å². The molecular weight excluding hydrogens is 464 g/mol. The summed E-state index contributed by atoms with van der Waals surface area (Å²) in [6.07, 6.45) is 0. The molecular formula is C26H23ClN6O2. The van der Waals surface area contributed by atoms with E-state index in [1.165, 1.54) is 0 Å². The number of para-hydroxylation sites is 2. The van der Waals surface area contributed by atoms with Crippen LogP contribution in [0.1, 0.15) is 0 Å². The minimum Gasteiger partial charge on any atom is -0.496 e. The van der Waals surface area contributed by atoms with Gasteiger partial charge in [-0.15, -0.1) is 5.10 Å². The van der Waals surface area contributed by atoms with Crippen molar-refractivity contribution in [2.45, 2.75) is 0 Å². The van der Waals surface area contributed by atoms with E-state index >= 15 is 0 Å². The predicted octanol–water partition coefficient (Wildman–Crippen LogP) is 5.22. The molecule has 0 radical (unpaired) electrons. The minimum absolute atomic E-state index is 0.413. The van der Waals surface area contributed by atoms with E-state index in [2.05, 4.69) is 15.4 Å². The summed E-state index contributed by atoms with van der Waals surface area (Å²) in [5, 5.41) is 9.17. The average Bonchev–Trinajstić information content (AvgIpc) is 3.23. The topological polar surface area (TPSA) is 100 Å². The van der Waals surface area contributed by atoms with Gasteiger partial charge in [0.25, 0.3) is 0 Å². The molecule has 0 saturated carbocycles. The molecule has 3 N–H and O–H groups in total. The quantitative estimate of drug-likeness (QED) is 0.290. The number of nitrogens with zero attached hydrogens (tertiary/aromatic N) is 4. The van der Waals surface area contributed by atoms with E-state index in [9.17, 15) is 0 Å². The molecule has 0 fully saturated rings. The molecule has 0 unspecified atom stereocenters. The molecule has 0 aliphatic rings. The number of methoxy groups -OCH3 is 1. The van der Waals surface area contributed by atoms with Gasteiger partial charge in [-0.1, -0.05) is 41.9 Å². The van der Waals surface area contributed by atoms with Crippen LogP contribution in [0, 0.1) is 0 Å². The third-order valence-electron chi connectivity index (χ3n) is 5.40. The van der Waals surface area contributed by atoms with Gasteiger partial charge in [0, 0.05) is 10.6 Å². The lowest BCUT2D eigenvalue weighted by Gasteiger charge is -2.12. The fourth-order valence-electron chi connectivity index (χ4n) is 3.75. The van der Waals surface area contributed by atoms with Crippen molar-refractivity contribution in [3.8, 4) is 28.4 Å². The number of ether oxygens (including phenoxy) is 2. The molecule has 0 atom stereocenters. The summed E-state index contributed by atoms with van der Waals surface area (Å²) < 4.78 is 13.0. The maximum atomic E-state index is 6.58. The largest absolute Gasteiger partial charge is 0.496 e. The fraction of sp³-hybridized carbons (Fsp3) is 0.115. The van der Waals surface area contributed by atoms with Gasteiger partial charge in [-0.05, 0) is 48.5 Å². The molecule has 5 aromatic rings.